The molecule has 0 amide bonds. The average Bonchev–Trinajstić information content (AvgIpc) is 3.11. The lowest BCUT2D eigenvalue weighted by molar-refractivity contribution is 0.466. The van der Waals surface area contributed by atoms with Gasteiger partial charge in [-0.3, -0.25) is 0 Å². The molecule has 120 valence electrons. The number of aryl methyl sites for hydroxylation is 1. The van der Waals surface area contributed by atoms with E-state index in [2.05, 4.69) is 27.2 Å². The van der Waals surface area contributed by atoms with Gasteiger partial charge >= 0.3 is 0 Å². The topological polar surface area (TPSA) is 91.0 Å². The molecule has 1 unspecified atom stereocenters. The van der Waals surface area contributed by atoms with Crippen LogP contribution in [0.3, 0.4) is 0 Å². The highest BCUT2D eigenvalue weighted by Gasteiger charge is 2.28. The van der Waals surface area contributed by atoms with E-state index < -0.39 is 10.0 Å². The first-order chi connectivity index (χ1) is 10.5. The number of hydrogen-bond donors (Lipinski definition) is 2. The fraction of sp³-hybridized carbons (Fsp3) is 0.571. The molecule has 0 aromatic carbocycles. The molecule has 2 aromatic rings. The van der Waals surface area contributed by atoms with Crippen molar-refractivity contribution in [2.45, 2.75) is 19.8 Å². The highest BCUT2D eigenvalue weighted by Crippen LogP contribution is 2.25. The van der Waals surface area contributed by atoms with Crippen LogP contribution in [0.25, 0.3) is 11.0 Å². The standard InChI is InChI=1S/C14H21N5O2S/c1-3-11-7-16-14-12(11)13(17-9-18-14)15-6-10-4-5-19(8-10)22(2,20)21/h7,9-10H,3-6,8H2,1-2H3,(H2,15,16,17,18). The third-order valence-electron chi connectivity index (χ3n) is 4.21. The van der Waals surface area contributed by atoms with Gasteiger partial charge in [-0.1, -0.05) is 6.92 Å². The minimum Gasteiger partial charge on any atom is -0.369 e. The molecule has 0 radical (unpaired) electrons. The van der Waals surface area contributed by atoms with Crippen LogP contribution in [0.1, 0.15) is 18.9 Å². The van der Waals surface area contributed by atoms with Crippen molar-refractivity contribution in [3.05, 3.63) is 18.1 Å². The maximum absolute atomic E-state index is 11.6. The van der Waals surface area contributed by atoms with E-state index in [9.17, 15) is 8.42 Å². The first-order valence-electron chi connectivity index (χ1n) is 7.49. The summed E-state index contributed by atoms with van der Waals surface area (Å²) in [6.07, 6.45) is 6.56. The Labute approximate surface area is 130 Å². The molecule has 1 atom stereocenters. The molecule has 3 heterocycles. The van der Waals surface area contributed by atoms with Crippen molar-refractivity contribution in [3.63, 3.8) is 0 Å². The van der Waals surface area contributed by atoms with Crippen LogP contribution in [0.2, 0.25) is 0 Å². The molecular formula is C14H21N5O2S. The molecule has 2 aromatic heterocycles. The van der Waals surface area contributed by atoms with Crippen molar-refractivity contribution in [3.8, 4) is 0 Å². The summed E-state index contributed by atoms with van der Waals surface area (Å²) >= 11 is 0. The van der Waals surface area contributed by atoms with Crippen LogP contribution in [0.5, 0.6) is 0 Å². The zero-order chi connectivity index (χ0) is 15.7. The minimum absolute atomic E-state index is 0.309. The number of anilines is 1. The monoisotopic (exact) mass is 323 g/mol. The Morgan fingerprint density at radius 2 is 2.27 bits per heavy atom. The molecule has 2 N–H and O–H groups in total. The van der Waals surface area contributed by atoms with Gasteiger partial charge < -0.3 is 10.3 Å². The molecule has 1 aliphatic rings. The predicted molar refractivity (Wildman–Crippen MR) is 86.3 cm³/mol. The molecule has 0 aliphatic carbocycles. The Bertz CT molecular complexity index is 771. The van der Waals surface area contributed by atoms with E-state index in [1.54, 1.807) is 4.31 Å². The lowest BCUT2D eigenvalue weighted by Gasteiger charge is -2.14. The molecule has 22 heavy (non-hydrogen) atoms. The van der Waals surface area contributed by atoms with Gasteiger partial charge in [0.2, 0.25) is 10.0 Å². The summed E-state index contributed by atoms with van der Waals surface area (Å²) in [5, 5.41) is 4.40. The van der Waals surface area contributed by atoms with E-state index in [1.807, 2.05) is 6.20 Å². The average molecular weight is 323 g/mol. The zero-order valence-corrected chi connectivity index (χ0v) is 13.7. The molecule has 1 saturated heterocycles. The van der Waals surface area contributed by atoms with Gasteiger partial charge in [0, 0.05) is 25.8 Å². The second kappa shape index (κ2) is 5.85. The molecule has 3 rings (SSSR count). The van der Waals surface area contributed by atoms with Gasteiger partial charge in [-0.2, -0.15) is 0 Å². The maximum Gasteiger partial charge on any atom is 0.211 e. The lowest BCUT2D eigenvalue weighted by Crippen LogP contribution is -2.28. The molecule has 8 heteroatoms. The Morgan fingerprint density at radius 3 is 2.95 bits per heavy atom. The number of rotatable bonds is 5. The summed E-state index contributed by atoms with van der Waals surface area (Å²) in [5.41, 5.74) is 2.01. The summed E-state index contributed by atoms with van der Waals surface area (Å²) < 4.78 is 24.7. The number of nitrogens with zero attached hydrogens (tertiary/aromatic N) is 3. The van der Waals surface area contributed by atoms with E-state index in [1.165, 1.54) is 18.1 Å². The second-order valence-electron chi connectivity index (χ2n) is 5.77. The fourth-order valence-corrected chi connectivity index (χ4v) is 3.86. The van der Waals surface area contributed by atoms with E-state index in [0.29, 0.717) is 25.6 Å². The van der Waals surface area contributed by atoms with Crippen LogP contribution in [0, 0.1) is 5.92 Å². The SMILES string of the molecule is CCc1c[nH]c2ncnc(NCC3CCN(S(C)(=O)=O)C3)c12. The van der Waals surface area contributed by atoms with E-state index in [-0.39, 0.29) is 0 Å². The summed E-state index contributed by atoms with van der Waals surface area (Å²) in [6.45, 7) is 4.00. The van der Waals surface area contributed by atoms with Gasteiger partial charge in [0.15, 0.2) is 0 Å². The third kappa shape index (κ3) is 2.93. The first-order valence-corrected chi connectivity index (χ1v) is 9.33. The highest BCUT2D eigenvalue weighted by atomic mass is 32.2. The minimum atomic E-state index is -3.08. The van der Waals surface area contributed by atoms with Crippen LogP contribution in [-0.4, -0.2) is 53.6 Å². The van der Waals surface area contributed by atoms with Gasteiger partial charge in [0.1, 0.15) is 17.8 Å². The molecule has 0 bridgehead atoms. The normalized spacial score (nSPS) is 19.8. The molecular weight excluding hydrogens is 302 g/mol. The van der Waals surface area contributed by atoms with Crippen molar-refractivity contribution >= 4 is 26.9 Å². The largest absolute Gasteiger partial charge is 0.369 e. The Kier molecular flexibility index (Phi) is 4.05. The van der Waals surface area contributed by atoms with Crippen LogP contribution in [0.4, 0.5) is 5.82 Å². The van der Waals surface area contributed by atoms with Gasteiger partial charge in [0.05, 0.1) is 11.6 Å². The third-order valence-corrected chi connectivity index (χ3v) is 5.48. The van der Waals surface area contributed by atoms with E-state index in [4.69, 9.17) is 0 Å². The number of nitrogens with one attached hydrogen (secondary N) is 2. The molecule has 0 spiro atoms. The fourth-order valence-electron chi connectivity index (χ4n) is 2.95. The Balaban J connectivity index is 1.71. The first kappa shape index (κ1) is 15.2. The number of hydrogen-bond acceptors (Lipinski definition) is 5. The maximum atomic E-state index is 11.6. The van der Waals surface area contributed by atoms with Crippen LogP contribution in [0.15, 0.2) is 12.5 Å². The van der Waals surface area contributed by atoms with Crippen molar-refractivity contribution in [1.29, 1.82) is 0 Å². The van der Waals surface area contributed by atoms with Gasteiger partial charge in [-0.05, 0) is 24.3 Å². The highest BCUT2D eigenvalue weighted by molar-refractivity contribution is 7.88. The summed E-state index contributed by atoms with van der Waals surface area (Å²) in [7, 11) is -3.08. The Morgan fingerprint density at radius 1 is 1.45 bits per heavy atom. The molecule has 0 saturated carbocycles. The molecule has 7 nitrogen and oxygen atoms in total. The van der Waals surface area contributed by atoms with Gasteiger partial charge in [0.25, 0.3) is 0 Å². The van der Waals surface area contributed by atoms with Crippen molar-refractivity contribution in [2.24, 2.45) is 5.92 Å². The second-order valence-corrected chi connectivity index (χ2v) is 7.75. The number of aromatic nitrogens is 3. The molecule has 1 fully saturated rings. The van der Waals surface area contributed by atoms with E-state index >= 15 is 0 Å². The summed E-state index contributed by atoms with van der Waals surface area (Å²) in [5.74, 6) is 1.13. The number of H-pyrrole nitrogens is 1. The zero-order valence-electron chi connectivity index (χ0n) is 12.8. The van der Waals surface area contributed by atoms with Crippen molar-refractivity contribution < 1.29 is 8.42 Å². The number of sulfonamides is 1. The Hall–Kier alpha value is -1.67. The van der Waals surface area contributed by atoms with E-state index in [0.717, 1.165) is 29.7 Å². The predicted octanol–water partition coefficient (Wildman–Crippen LogP) is 1.21. The van der Waals surface area contributed by atoms with Gasteiger partial charge in [-0.25, -0.2) is 22.7 Å². The lowest BCUT2D eigenvalue weighted by atomic mass is 10.1. The quantitative estimate of drug-likeness (QED) is 0.863. The number of aromatic amines is 1. The molecule has 1 aliphatic heterocycles. The number of fused-ring (bicyclic) bond motifs is 1. The van der Waals surface area contributed by atoms with Crippen LogP contribution >= 0.6 is 0 Å². The van der Waals surface area contributed by atoms with Crippen LogP contribution in [-0.2, 0) is 16.4 Å². The summed E-state index contributed by atoms with van der Waals surface area (Å²) in [6, 6.07) is 0. The summed E-state index contributed by atoms with van der Waals surface area (Å²) in [4.78, 5) is 11.7. The van der Waals surface area contributed by atoms with Crippen molar-refractivity contribution in [2.75, 3.05) is 31.2 Å². The van der Waals surface area contributed by atoms with Crippen molar-refractivity contribution in [1.82, 2.24) is 19.3 Å². The van der Waals surface area contributed by atoms with Gasteiger partial charge in [-0.15, -0.1) is 0 Å². The van der Waals surface area contributed by atoms with Crippen LogP contribution < -0.4 is 5.32 Å². The smallest absolute Gasteiger partial charge is 0.211 e.